The summed E-state index contributed by atoms with van der Waals surface area (Å²) >= 11 is 0. The van der Waals surface area contributed by atoms with E-state index in [1.165, 1.54) is 19.2 Å². The monoisotopic (exact) mass is 409 g/mol. The molecule has 26 heavy (non-hydrogen) atoms. The van der Waals surface area contributed by atoms with Gasteiger partial charge in [0.1, 0.15) is 16.1 Å². The van der Waals surface area contributed by atoms with Crippen LogP contribution in [0.2, 0.25) is 0 Å². The fraction of sp³-hybridized carbons (Fsp3) is 0.688. The average molecular weight is 409 g/mol. The lowest BCUT2D eigenvalue weighted by Crippen LogP contribution is -2.30. The molecule has 0 aromatic carbocycles. The summed E-state index contributed by atoms with van der Waals surface area (Å²) in [5.74, 6) is 0.254. The highest BCUT2D eigenvalue weighted by Crippen LogP contribution is 2.63. The molecular weight excluding hydrogens is 380 g/mol. The third kappa shape index (κ3) is 3.77. The predicted octanol–water partition coefficient (Wildman–Crippen LogP) is 3.48. The van der Waals surface area contributed by atoms with Crippen LogP contribution in [0.15, 0.2) is 12.1 Å². The first-order chi connectivity index (χ1) is 11.9. The number of rotatable bonds is 9. The molecule has 0 fully saturated rings. The molecule has 1 aromatic heterocycles. The number of nitrogens with zero attached hydrogens (tertiary/aromatic N) is 1. The Labute approximate surface area is 154 Å². The molecule has 150 valence electrons. The molecule has 0 saturated carbocycles. The van der Waals surface area contributed by atoms with Gasteiger partial charge in [0.15, 0.2) is 0 Å². The molecule has 4 N–H and O–H groups in total. The summed E-state index contributed by atoms with van der Waals surface area (Å²) in [4.78, 5) is 44.3. The second kappa shape index (κ2) is 8.09. The molecule has 1 rings (SSSR count). The molecule has 0 aliphatic carbocycles. The standard InChI is InChI=1S/C16H29NO7P2/c1-6-15(7-2,25(18,19)20)13-10-12(24-5)11-14(17-13)16(8-3,9-4)26(21,22)23/h10-11H,6-9H2,1-5H3,(H2,18,19,20)(H2,21,22,23). The largest absolute Gasteiger partial charge is 0.497 e. The minimum Gasteiger partial charge on any atom is -0.497 e. The fourth-order valence-corrected chi connectivity index (χ4v) is 5.92. The molecule has 0 bridgehead atoms. The highest BCUT2D eigenvalue weighted by molar-refractivity contribution is 7.53. The van der Waals surface area contributed by atoms with E-state index in [2.05, 4.69) is 4.98 Å². The molecule has 8 nitrogen and oxygen atoms in total. The Bertz CT molecular complexity index is 661. The Kier molecular flexibility index (Phi) is 7.25. The van der Waals surface area contributed by atoms with Crippen molar-refractivity contribution in [3.05, 3.63) is 23.5 Å². The van der Waals surface area contributed by atoms with Crippen molar-refractivity contribution >= 4 is 15.2 Å². The highest BCUT2D eigenvalue weighted by Gasteiger charge is 2.50. The summed E-state index contributed by atoms with van der Waals surface area (Å²) in [6.45, 7) is 6.61. The van der Waals surface area contributed by atoms with Crippen molar-refractivity contribution in [2.24, 2.45) is 0 Å². The van der Waals surface area contributed by atoms with Crippen LogP contribution in [-0.2, 0) is 19.4 Å². The number of pyridine rings is 1. The van der Waals surface area contributed by atoms with Crippen molar-refractivity contribution in [3.63, 3.8) is 0 Å². The van der Waals surface area contributed by atoms with Crippen molar-refractivity contribution in [1.29, 1.82) is 0 Å². The second-order valence-corrected chi connectivity index (χ2v) is 10.2. The topological polar surface area (TPSA) is 137 Å². The van der Waals surface area contributed by atoms with Crippen LogP contribution >= 0.6 is 15.2 Å². The molecule has 0 saturated heterocycles. The second-order valence-electron chi connectivity index (χ2n) is 6.34. The molecule has 0 unspecified atom stereocenters. The molecule has 1 heterocycles. The van der Waals surface area contributed by atoms with Gasteiger partial charge in [0.25, 0.3) is 0 Å². The van der Waals surface area contributed by atoms with E-state index in [-0.39, 0.29) is 42.8 Å². The first-order valence-electron chi connectivity index (χ1n) is 8.57. The van der Waals surface area contributed by atoms with Gasteiger partial charge in [-0.05, 0) is 25.7 Å². The SMILES string of the molecule is CCC(CC)(c1cc(OC)cc(C(CC)(CC)P(=O)(O)O)n1)P(=O)(O)O. The van der Waals surface area contributed by atoms with E-state index >= 15 is 0 Å². The molecule has 0 atom stereocenters. The van der Waals surface area contributed by atoms with Gasteiger partial charge in [0, 0.05) is 12.1 Å². The van der Waals surface area contributed by atoms with Crippen molar-refractivity contribution < 1.29 is 33.4 Å². The Morgan fingerprint density at radius 2 is 1.15 bits per heavy atom. The highest BCUT2D eigenvalue weighted by atomic mass is 31.2. The van der Waals surface area contributed by atoms with Gasteiger partial charge < -0.3 is 24.3 Å². The Morgan fingerprint density at radius 1 is 0.846 bits per heavy atom. The summed E-state index contributed by atoms with van der Waals surface area (Å²) in [6.07, 6.45) is 0.478. The van der Waals surface area contributed by atoms with Crippen LogP contribution in [0.3, 0.4) is 0 Å². The first kappa shape index (κ1) is 23.3. The van der Waals surface area contributed by atoms with Gasteiger partial charge in [-0.3, -0.25) is 14.1 Å². The van der Waals surface area contributed by atoms with E-state index < -0.39 is 25.5 Å². The number of ether oxygens (including phenoxy) is 1. The van der Waals surface area contributed by atoms with E-state index in [1.807, 2.05) is 0 Å². The van der Waals surface area contributed by atoms with E-state index in [1.54, 1.807) is 27.7 Å². The van der Waals surface area contributed by atoms with Crippen LogP contribution in [0.1, 0.15) is 64.8 Å². The maximum absolute atomic E-state index is 12.3. The number of hydrogen-bond donors (Lipinski definition) is 4. The van der Waals surface area contributed by atoms with Crippen LogP contribution < -0.4 is 4.74 Å². The quantitative estimate of drug-likeness (QED) is 0.455. The lowest BCUT2D eigenvalue weighted by molar-refractivity contribution is 0.305. The van der Waals surface area contributed by atoms with E-state index in [4.69, 9.17) is 4.74 Å². The molecule has 0 radical (unpaired) electrons. The Hall–Kier alpha value is -0.750. The molecule has 0 amide bonds. The molecule has 0 aliphatic heterocycles. The van der Waals surface area contributed by atoms with Crippen LogP contribution in [0.4, 0.5) is 0 Å². The van der Waals surface area contributed by atoms with Crippen molar-refractivity contribution in [2.45, 2.75) is 63.7 Å². The smallest absolute Gasteiger partial charge is 0.337 e. The van der Waals surface area contributed by atoms with Gasteiger partial charge in [0.05, 0.1) is 18.5 Å². The normalized spacial score (nSPS) is 13.7. The summed E-state index contributed by atoms with van der Waals surface area (Å²) in [7, 11) is -7.82. The van der Waals surface area contributed by atoms with Gasteiger partial charge in [-0.15, -0.1) is 0 Å². The summed E-state index contributed by atoms with van der Waals surface area (Å²) in [5.41, 5.74) is 0.176. The maximum atomic E-state index is 12.3. The summed E-state index contributed by atoms with van der Waals surface area (Å²) in [6, 6.07) is 2.87. The minimum atomic E-state index is -4.60. The number of aromatic nitrogens is 1. The molecule has 1 aromatic rings. The zero-order valence-electron chi connectivity index (χ0n) is 15.8. The Morgan fingerprint density at radius 3 is 1.35 bits per heavy atom. The molecule has 0 spiro atoms. The number of methoxy groups -OCH3 is 1. The maximum Gasteiger partial charge on any atom is 0.337 e. The zero-order chi connectivity index (χ0) is 20.4. The van der Waals surface area contributed by atoms with E-state index in [0.29, 0.717) is 0 Å². The van der Waals surface area contributed by atoms with Crippen molar-refractivity contribution in [2.75, 3.05) is 7.11 Å². The van der Waals surface area contributed by atoms with Crippen LogP contribution in [-0.4, -0.2) is 31.7 Å². The molecule has 0 aliphatic rings. The summed E-state index contributed by atoms with van der Waals surface area (Å²) < 4.78 is 29.8. The predicted molar refractivity (Wildman–Crippen MR) is 99.4 cm³/mol. The third-order valence-electron chi connectivity index (χ3n) is 5.44. The van der Waals surface area contributed by atoms with Gasteiger partial charge in [-0.25, -0.2) is 0 Å². The zero-order valence-corrected chi connectivity index (χ0v) is 17.6. The minimum absolute atomic E-state index is 0.0879. The van der Waals surface area contributed by atoms with Crippen molar-refractivity contribution in [1.82, 2.24) is 4.98 Å². The van der Waals surface area contributed by atoms with Crippen LogP contribution in [0, 0.1) is 0 Å². The van der Waals surface area contributed by atoms with Gasteiger partial charge >= 0.3 is 15.2 Å². The van der Waals surface area contributed by atoms with Crippen molar-refractivity contribution in [3.8, 4) is 5.75 Å². The van der Waals surface area contributed by atoms with Gasteiger partial charge in [-0.1, -0.05) is 27.7 Å². The van der Waals surface area contributed by atoms with Crippen LogP contribution in [0.25, 0.3) is 0 Å². The molecular formula is C16H29NO7P2. The first-order valence-corrected chi connectivity index (χ1v) is 11.8. The lowest BCUT2D eigenvalue weighted by Gasteiger charge is -2.35. The Balaban J connectivity index is 3.90. The average Bonchev–Trinajstić information content (AvgIpc) is 2.55. The third-order valence-corrected chi connectivity index (χ3v) is 9.40. The van der Waals surface area contributed by atoms with E-state index in [0.717, 1.165) is 0 Å². The summed E-state index contributed by atoms with van der Waals surface area (Å²) in [5, 5.41) is -3.09. The van der Waals surface area contributed by atoms with E-state index in [9.17, 15) is 28.7 Å². The molecule has 10 heteroatoms. The van der Waals surface area contributed by atoms with Crippen LogP contribution in [0.5, 0.6) is 5.75 Å². The fourth-order valence-electron chi connectivity index (χ4n) is 3.45. The number of hydrogen-bond acceptors (Lipinski definition) is 4. The van der Waals surface area contributed by atoms with Gasteiger partial charge in [0.2, 0.25) is 0 Å². The van der Waals surface area contributed by atoms with Gasteiger partial charge in [-0.2, -0.15) is 0 Å². The lowest BCUT2D eigenvalue weighted by atomic mass is 9.93.